The molecule has 3 rings (SSSR count). The van der Waals surface area contributed by atoms with E-state index in [0.29, 0.717) is 32.4 Å². The van der Waals surface area contributed by atoms with Crippen molar-refractivity contribution in [2.24, 2.45) is 7.05 Å². The summed E-state index contributed by atoms with van der Waals surface area (Å²) in [6.45, 7) is 3.78. The maximum absolute atomic E-state index is 12.4. The van der Waals surface area contributed by atoms with Crippen molar-refractivity contribution < 1.29 is 9.59 Å². The van der Waals surface area contributed by atoms with Crippen LogP contribution < -0.4 is 10.6 Å². The first-order valence-electron chi connectivity index (χ1n) is 9.36. The van der Waals surface area contributed by atoms with Crippen LogP contribution in [0.2, 0.25) is 10.0 Å². The highest BCUT2D eigenvalue weighted by Gasteiger charge is 2.15. The zero-order chi connectivity index (χ0) is 22.5. The largest absolute Gasteiger partial charge is 0.326 e. The minimum atomic E-state index is -0.235. The summed E-state index contributed by atoms with van der Waals surface area (Å²) in [7, 11) is 1.76. The Kier molecular flexibility index (Phi) is 7.59. The number of hydrogen-bond acceptors (Lipinski definition) is 5. The summed E-state index contributed by atoms with van der Waals surface area (Å²) in [4.78, 5) is 24.6. The number of carbonyl (C=O) groups is 2. The minimum absolute atomic E-state index is 0.0451. The SMILES string of the molecule is Cc1ccc(NC(=O)Cc2nnc(SCC(=O)Nc3cc(Cl)ccc3C)n2C)cc1Cl. The number of amides is 2. The molecule has 1 aromatic heterocycles. The second-order valence-electron chi connectivity index (χ2n) is 6.94. The maximum Gasteiger partial charge on any atom is 0.234 e. The first-order chi connectivity index (χ1) is 14.7. The van der Waals surface area contributed by atoms with Crippen molar-refractivity contribution in [3.05, 3.63) is 63.4 Å². The summed E-state index contributed by atoms with van der Waals surface area (Å²) in [5, 5.41) is 15.5. The van der Waals surface area contributed by atoms with Gasteiger partial charge in [-0.05, 0) is 49.2 Å². The number of halogens is 2. The van der Waals surface area contributed by atoms with Crippen LogP contribution in [0, 0.1) is 13.8 Å². The predicted molar refractivity (Wildman–Crippen MR) is 125 cm³/mol. The highest BCUT2D eigenvalue weighted by molar-refractivity contribution is 7.99. The lowest BCUT2D eigenvalue weighted by molar-refractivity contribution is -0.116. The predicted octanol–water partition coefficient (Wildman–Crippen LogP) is 4.65. The van der Waals surface area contributed by atoms with E-state index in [-0.39, 0.29) is 24.0 Å². The smallest absolute Gasteiger partial charge is 0.234 e. The monoisotopic (exact) mass is 477 g/mol. The first-order valence-corrected chi connectivity index (χ1v) is 11.1. The summed E-state index contributed by atoms with van der Waals surface area (Å²) < 4.78 is 1.70. The van der Waals surface area contributed by atoms with E-state index in [9.17, 15) is 9.59 Å². The Morgan fingerprint density at radius 2 is 1.74 bits per heavy atom. The molecule has 0 spiro atoms. The van der Waals surface area contributed by atoms with E-state index in [0.717, 1.165) is 11.1 Å². The third-order valence-corrected chi connectivity index (χ3v) is 6.17. The van der Waals surface area contributed by atoms with E-state index in [2.05, 4.69) is 20.8 Å². The fraction of sp³-hybridized carbons (Fsp3) is 0.238. The number of benzene rings is 2. The van der Waals surface area contributed by atoms with Gasteiger partial charge in [0.15, 0.2) is 5.16 Å². The molecule has 0 unspecified atom stereocenters. The number of thioether (sulfide) groups is 1. The molecule has 2 N–H and O–H groups in total. The van der Waals surface area contributed by atoms with Gasteiger partial charge in [-0.25, -0.2) is 0 Å². The zero-order valence-corrected chi connectivity index (χ0v) is 19.5. The van der Waals surface area contributed by atoms with Crippen LogP contribution in [-0.2, 0) is 23.1 Å². The number of aromatic nitrogens is 3. The Labute approximate surface area is 194 Å². The van der Waals surface area contributed by atoms with Crippen molar-refractivity contribution in [1.29, 1.82) is 0 Å². The summed E-state index contributed by atoms with van der Waals surface area (Å²) in [5.41, 5.74) is 3.14. The molecule has 1 heterocycles. The third-order valence-electron chi connectivity index (χ3n) is 4.51. The molecule has 0 bridgehead atoms. The lowest BCUT2D eigenvalue weighted by Crippen LogP contribution is -2.17. The van der Waals surface area contributed by atoms with Gasteiger partial charge in [0.05, 0.1) is 12.2 Å². The standard InChI is InChI=1S/C21H21Cl2N5O2S/c1-12-5-7-15(9-16(12)23)24-19(29)10-18-26-27-21(28(18)3)31-11-20(30)25-17-8-14(22)6-4-13(17)2/h4-9H,10-11H2,1-3H3,(H,24,29)(H,25,30). The Balaban J connectivity index is 1.55. The molecule has 0 atom stereocenters. The van der Waals surface area contributed by atoms with Crippen molar-refractivity contribution in [1.82, 2.24) is 14.8 Å². The number of rotatable bonds is 7. The molecule has 31 heavy (non-hydrogen) atoms. The van der Waals surface area contributed by atoms with Crippen LogP contribution in [0.3, 0.4) is 0 Å². The van der Waals surface area contributed by atoms with E-state index in [1.54, 1.807) is 35.9 Å². The Morgan fingerprint density at radius 3 is 2.48 bits per heavy atom. The average Bonchev–Trinajstić information content (AvgIpc) is 3.05. The molecular weight excluding hydrogens is 457 g/mol. The Morgan fingerprint density at radius 1 is 1.00 bits per heavy atom. The van der Waals surface area contributed by atoms with Crippen LogP contribution in [-0.4, -0.2) is 32.3 Å². The molecule has 7 nitrogen and oxygen atoms in total. The lowest BCUT2D eigenvalue weighted by atomic mass is 10.2. The molecule has 0 fully saturated rings. The molecule has 162 valence electrons. The van der Waals surface area contributed by atoms with Crippen molar-refractivity contribution in [3.8, 4) is 0 Å². The van der Waals surface area contributed by atoms with Gasteiger partial charge in [-0.15, -0.1) is 10.2 Å². The molecule has 0 saturated heterocycles. The van der Waals surface area contributed by atoms with Crippen molar-refractivity contribution in [3.63, 3.8) is 0 Å². The maximum atomic E-state index is 12.4. The van der Waals surface area contributed by atoms with Crippen LogP contribution in [0.5, 0.6) is 0 Å². The van der Waals surface area contributed by atoms with Crippen molar-refractivity contribution in [2.45, 2.75) is 25.4 Å². The van der Waals surface area contributed by atoms with Crippen LogP contribution in [0.15, 0.2) is 41.6 Å². The number of hydrogen-bond donors (Lipinski definition) is 2. The van der Waals surface area contributed by atoms with E-state index < -0.39 is 0 Å². The van der Waals surface area contributed by atoms with Gasteiger partial charge in [-0.3, -0.25) is 9.59 Å². The van der Waals surface area contributed by atoms with Gasteiger partial charge >= 0.3 is 0 Å². The third kappa shape index (κ3) is 6.22. The fourth-order valence-corrected chi connectivity index (χ4v) is 3.77. The van der Waals surface area contributed by atoms with Gasteiger partial charge < -0.3 is 15.2 Å². The summed E-state index contributed by atoms with van der Waals surface area (Å²) >= 11 is 13.3. The number of nitrogens with one attached hydrogen (secondary N) is 2. The Hall–Kier alpha value is -2.55. The van der Waals surface area contributed by atoms with Gasteiger partial charge in [-0.1, -0.05) is 47.1 Å². The molecule has 2 aromatic carbocycles. The second-order valence-corrected chi connectivity index (χ2v) is 8.73. The van der Waals surface area contributed by atoms with Gasteiger partial charge in [0.1, 0.15) is 5.82 Å². The van der Waals surface area contributed by atoms with E-state index in [4.69, 9.17) is 23.2 Å². The zero-order valence-electron chi connectivity index (χ0n) is 17.2. The highest BCUT2D eigenvalue weighted by atomic mass is 35.5. The van der Waals surface area contributed by atoms with Gasteiger partial charge in [0.25, 0.3) is 0 Å². The lowest BCUT2D eigenvalue weighted by Gasteiger charge is -2.09. The number of carbonyl (C=O) groups excluding carboxylic acids is 2. The van der Waals surface area contributed by atoms with Crippen LogP contribution >= 0.6 is 35.0 Å². The van der Waals surface area contributed by atoms with E-state index in [1.165, 1.54) is 11.8 Å². The molecule has 0 radical (unpaired) electrons. The average molecular weight is 478 g/mol. The molecule has 3 aromatic rings. The minimum Gasteiger partial charge on any atom is -0.326 e. The molecule has 0 aliphatic rings. The summed E-state index contributed by atoms with van der Waals surface area (Å²) in [6, 6.07) is 10.6. The van der Waals surface area contributed by atoms with Crippen LogP contribution in [0.25, 0.3) is 0 Å². The molecule has 10 heteroatoms. The molecular formula is C21H21Cl2N5O2S. The highest BCUT2D eigenvalue weighted by Crippen LogP contribution is 2.22. The number of anilines is 2. The molecule has 0 saturated carbocycles. The quantitative estimate of drug-likeness (QED) is 0.483. The van der Waals surface area contributed by atoms with E-state index in [1.807, 2.05) is 26.0 Å². The van der Waals surface area contributed by atoms with Gasteiger partial charge in [0.2, 0.25) is 11.8 Å². The number of aryl methyl sites for hydroxylation is 2. The summed E-state index contributed by atoms with van der Waals surface area (Å²) in [6.07, 6.45) is 0.0451. The van der Waals surface area contributed by atoms with Crippen molar-refractivity contribution in [2.75, 3.05) is 16.4 Å². The fourth-order valence-electron chi connectivity index (χ4n) is 2.69. The molecule has 0 aliphatic carbocycles. The second kappa shape index (κ2) is 10.2. The first kappa shape index (κ1) is 23.1. The number of nitrogens with zero attached hydrogens (tertiary/aromatic N) is 3. The molecule has 0 aliphatic heterocycles. The topological polar surface area (TPSA) is 88.9 Å². The van der Waals surface area contributed by atoms with Crippen LogP contribution in [0.1, 0.15) is 17.0 Å². The van der Waals surface area contributed by atoms with Crippen LogP contribution in [0.4, 0.5) is 11.4 Å². The van der Waals surface area contributed by atoms with Crippen molar-refractivity contribution >= 4 is 58.2 Å². The van der Waals surface area contributed by atoms with Gasteiger partial charge in [-0.2, -0.15) is 0 Å². The molecule has 2 amide bonds. The van der Waals surface area contributed by atoms with Gasteiger partial charge in [0, 0.05) is 28.5 Å². The van der Waals surface area contributed by atoms with E-state index >= 15 is 0 Å². The Bertz CT molecular complexity index is 1130. The normalized spacial score (nSPS) is 10.7. The summed E-state index contributed by atoms with van der Waals surface area (Å²) in [5.74, 6) is 0.214.